The van der Waals surface area contributed by atoms with Gasteiger partial charge in [0.2, 0.25) is 5.91 Å². The Bertz CT molecular complexity index is 926. The maximum absolute atomic E-state index is 12.8. The van der Waals surface area contributed by atoms with Gasteiger partial charge in [-0.1, -0.05) is 49.4 Å². The van der Waals surface area contributed by atoms with Crippen molar-refractivity contribution in [2.45, 2.75) is 26.3 Å². The van der Waals surface area contributed by atoms with Crippen LogP contribution in [0.4, 0.5) is 0 Å². The third-order valence-corrected chi connectivity index (χ3v) is 5.66. The zero-order valence-electron chi connectivity index (χ0n) is 16.6. The Hall–Kier alpha value is -2.66. The summed E-state index contributed by atoms with van der Waals surface area (Å²) >= 11 is 0. The molecule has 146 valence electrons. The van der Waals surface area contributed by atoms with Crippen molar-refractivity contribution in [1.82, 2.24) is 19.4 Å². The van der Waals surface area contributed by atoms with E-state index in [4.69, 9.17) is 4.98 Å². The molecule has 28 heavy (non-hydrogen) atoms. The normalized spacial score (nSPS) is 15.2. The third kappa shape index (κ3) is 4.09. The minimum absolute atomic E-state index is 0.249. The lowest BCUT2D eigenvalue weighted by atomic mass is 10.1. The molecule has 0 N–H and O–H groups in total. The van der Waals surface area contributed by atoms with Gasteiger partial charge < -0.3 is 14.4 Å². The van der Waals surface area contributed by atoms with Crippen molar-refractivity contribution in [2.75, 3.05) is 32.7 Å². The van der Waals surface area contributed by atoms with E-state index in [0.717, 1.165) is 56.0 Å². The van der Waals surface area contributed by atoms with Crippen LogP contribution in [0.5, 0.6) is 0 Å². The largest absolute Gasteiger partial charge is 0.340 e. The molecular formula is C23H28N4O. The fourth-order valence-corrected chi connectivity index (χ4v) is 3.97. The topological polar surface area (TPSA) is 41.4 Å². The van der Waals surface area contributed by atoms with Gasteiger partial charge in [-0.2, -0.15) is 0 Å². The maximum Gasteiger partial charge on any atom is 0.224 e. The van der Waals surface area contributed by atoms with Gasteiger partial charge in [-0.25, -0.2) is 4.98 Å². The number of aromatic nitrogens is 2. The molecular weight excluding hydrogens is 348 g/mol. The third-order valence-electron chi connectivity index (χ3n) is 5.66. The summed E-state index contributed by atoms with van der Waals surface area (Å²) < 4.78 is 2.22. The number of rotatable bonds is 6. The first kappa shape index (κ1) is 18.7. The highest BCUT2D eigenvalue weighted by molar-refractivity contribution is 5.78. The van der Waals surface area contributed by atoms with Gasteiger partial charge in [-0.05, 0) is 24.2 Å². The molecule has 1 aliphatic heterocycles. The standard InChI is InChI=1S/C23H28N4O/c1-2-25-14-16-26(17-15-25)23(28)12-13-27-21-11-7-6-10-20(21)24-22(27)18-19-8-4-3-5-9-19/h3-11H,2,12-18H2,1H3. The summed E-state index contributed by atoms with van der Waals surface area (Å²) in [5, 5.41) is 0. The first-order valence-electron chi connectivity index (χ1n) is 10.2. The first-order chi connectivity index (χ1) is 13.7. The Morgan fingerprint density at radius 1 is 0.964 bits per heavy atom. The van der Waals surface area contributed by atoms with E-state index in [9.17, 15) is 4.79 Å². The smallest absolute Gasteiger partial charge is 0.224 e. The van der Waals surface area contributed by atoms with Gasteiger partial charge in [-0.15, -0.1) is 0 Å². The summed E-state index contributed by atoms with van der Waals surface area (Å²) in [6.07, 6.45) is 1.30. The van der Waals surface area contributed by atoms with E-state index in [1.54, 1.807) is 0 Å². The van der Waals surface area contributed by atoms with Crippen LogP contribution < -0.4 is 0 Å². The number of aryl methyl sites for hydroxylation is 1. The Morgan fingerprint density at radius 2 is 1.68 bits per heavy atom. The van der Waals surface area contributed by atoms with Crippen LogP contribution in [0, 0.1) is 0 Å². The van der Waals surface area contributed by atoms with E-state index in [1.165, 1.54) is 5.56 Å². The van der Waals surface area contributed by atoms with Crippen molar-refractivity contribution >= 4 is 16.9 Å². The van der Waals surface area contributed by atoms with E-state index < -0.39 is 0 Å². The van der Waals surface area contributed by atoms with E-state index in [2.05, 4.69) is 46.7 Å². The molecule has 5 heteroatoms. The predicted molar refractivity (Wildman–Crippen MR) is 112 cm³/mol. The second-order valence-corrected chi connectivity index (χ2v) is 7.40. The lowest BCUT2D eigenvalue weighted by molar-refractivity contribution is -0.133. The highest BCUT2D eigenvalue weighted by Gasteiger charge is 2.20. The molecule has 1 fully saturated rings. The van der Waals surface area contributed by atoms with Crippen LogP contribution >= 0.6 is 0 Å². The van der Waals surface area contributed by atoms with Crippen LogP contribution in [-0.2, 0) is 17.8 Å². The van der Waals surface area contributed by atoms with E-state index in [0.29, 0.717) is 13.0 Å². The van der Waals surface area contributed by atoms with Crippen molar-refractivity contribution in [3.05, 3.63) is 66.0 Å². The van der Waals surface area contributed by atoms with Gasteiger partial charge in [0.25, 0.3) is 0 Å². The minimum Gasteiger partial charge on any atom is -0.340 e. The number of likely N-dealkylation sites (N-methyl/N-ethyl adjacent to an activating group) is 1. The molecule has 0 radical (unpaired) electrons. The molecule has 3 aromatic rings. The van der Waals surface area contributed by atoms with E-state index >= 15 is 0 Å². The zero-order valence-corrected chi connectivity index (χ0v) is 16.6. The summed E-state index contributed by atoms with van der Waals surface area (Å²) in [6, 6.07) is 18.6. The van der Waals surface area contributed by atoms with Gasteiger partial charge >= 0.3 is 0 Å². The molecule has 0 saturated carbocycles. The fourth-order valence-electron chi connectivity index (χ4n) is 3.97. The van der Waals surface area contributed by atoms with Gasteiger partial charge in [0.1, 0.15) is 5.82 Å². The quantitative estimate of drug-likeness (QED) is 0.663. The summed E-state index contributed by atoms with van der Waals surface area (Å²) in [5.41, 5.74) is 3.34. The SMILES string of the molecule is CCN1CCN(C(=O)CCn2c(Cc3ccccc3)nc3ccccc32)CC1. The van der Waals surface area contributed by atoms with Gasteiger partial charge in [0.05, 0.1) is 11.0 Å². The molecule has 5 nitrogen and oxygen atoms in total. The summed E-state index contributed by atoms with van der Waals surface area (Å²) in [5.74, 6) is 1.27. The van der Waals surface area contributed by atoms with Crippen molar-refractivity contribution in [3.63, 3.8) is 0 Å². The second kappa shape index (κ2) is 8.57. The lowest BCUT2D eigenvalue weighted by Crippen LogP contribution is -2.48. The van der Waals surface area contributed by atoms with Crippen LogP contribution in [-0.4, -0.2) is 58.0 Å². The monoisotopic (exact) mass is 376 g/mol. The molecule has 4 rings (SSSR count). The maximum atomic E-state index is 12.8. The van der Waals surface area contributed by atoms with Crippen molar-refractivity contribution < 1.29 is 4.79 Å². The summed E-state index contributed by atoms with van der Waals surface area (Å²) in [6.45, 7) is 7.56. The zero-order chi connectivity index (χ0) is 19.3. The number of benzene rings is 2. The number of piperazine rings is 1. The average molecular weight is 377 g/mol. The number of hydrogen-bond acceptors (Lipinski definition) is 3. The molecule has 2 aromatic carbocycles. The molecule has 1 aliphatic rings. The molecule has 0 atom stereocenters. The molecule has 1 amide bonds. The number of carbonyl (C=O) groups is 1. The van der Waals surface area contributed by atoms with Gasteiger partial charge in [0, 0.05) is 45.6 Å². The van der Waals surface area contributed by atoms with Crippen molar-refractivity contribution in [3.8, 4) is 0 Å². The van der Waals surface area contributed by atoms with Crippen molar-refractivity contribution in [2.24, 2.45) is 0 Å². The number of carbonyl (C=O) groups excluding carboxylic acids is 1. The highest BCUT2D eigenvalue weighted by Crippen LogP contribution is 2.19. The molecule has 0 unspecified atom stereocenters. The number of hydrogen-bond donors (Lipinski definition) is 0. The number of para-hydroxylation sites is 2. The van der Waals surface area contributed by atoms with Crippen LogP contribution in [0.1, 0.15) is 24.7 Å². The highest BCUT2D eigenvalue weighted by atomic mass is 16.2. The Labute approximate surface area is 166 Å². The van der Waals surface area contributed by atoms with Crippen LogP contribution in [0.2, 0.25) is 0 Å². The number of imidazole rings is 1. The Balaban J connectivity index is 1.49. The van der Waals surface area contributed by atoms with Crippen LogP contribution in [0.3, 0.4) is 0 Å². The second-order valence-electron chi connectivity index (χ2n) is 7.40. The van der Waals surface area contributed by atoms with E-state index in [1.807, 2.05) is 29.2 Å². The Kier molecular flexibility index (Phi) is 5.72. The molecule has 1 aromatic heterocycles. The van der Waals surface area contributed by atoms with Crippen molar-refractivity contribution in [1.29, 1.82) is 0 Å². The summed E-state index contributed by atoms with van der Waals surface area (Å²) in [4.78, 5) is 22.0. The summed E-state index contributed by atoms with van der Waals surface area (Å²) in [7, 11) is 0. The van der Waals surface area contributed by atoms with E-state index in [-0.39, 0.29) is 5.91 Å². The van der Waals surface area contributed by atoms with Crippen LogP contribution in [0.25, 0.3) is 11.0 Å². The molecule has 0 spiro atoms. The van der Waals surface area contributed by atoms with Gasteiger partial charge in [0.15, 0.2) is 0 Å². The lowest BCUT2D eigenvalue weighted by Gasteiger charge is -2.34. The molecule has 2 heterocycles. The number of nitrogens with zero attached hydrogens (tertiary/aromatic N) is 4. The van der Waals surface area contributed by atoms with Crippen LogP contribution in [0.15, 0.2) is 54.6 Å². The fraction of sp³-hybridized carbons (Fsp3) is 0.391. The number of fused-ring (bicyclic) bond motifs is 1. The average Bonchev–Trinajstić information content (AvgIpc) is 3.09. The predicted octanol–water partition coefficient (Wildman–Crippen LogP) is 3.18. The minimum atomic E-state index is 0.249. The molecule has 0 bridgehead atoms. The molecule has 0 aliphatic carbocycles. The Morgan fingerprint density at radius 3 is 2.43 bits per heavy atom. The number of amides is 1. The van der Waals surface area contributed by atoms with Gasteiger partial charge in [-0.3, -0.25) is 4.79 Å². The molecule has 1 saturated heterocycles. The first-order valence-corrected chi connectivity index (χ1v) is 10.2.